The van der Waals surface area contributed by atoms with Crippen molar-refractivity contribution < 1.29 is 0 Å². The molecule has 0 bridgehead atoms. The predicted molar refractivity (Wildman–Crippen MR) is 79.1 cm³/mol. The third-order valence-corrected chi connectivity index (χ3v) is 3.16. The molecule has 0 saturated carbocycles. The largest absolute Gasteiger partial charge is 0.0915 e. The molecule has 1 aliphatic carbocycles. The Morgan fingerprint density at radius 1 is 1.18 bits per heavy atom. The topological polar surface area (TPSA) is 0 Å². The van der Waals surface area contributed by atoms with E-state index in [0.717, 1.165) is 22.9 Å². The maximum absolute atomic E-state index is 4.15. The first kappa shape index (κ1) is 12.1. The average molecular weight is 287 g/mol. The zero-order valence-corrected chi connectivity index (χ0v) is 11.3. The monoisotopic (exact) mass is 286 g/mol. The molecule has 0 N–H and O–H groups in total. The Morgan fingerprint density at radius 2 is 1.94 bits per heavy atom. The summed E-state index contributed by atoms with van der Waals surface area (Å²) in [5.74, 6) is 0. The molecule has 0 aromatic heterocycles. The SMILES string of the molecule is C=C(Br)/C=C\C(=C)C1=c2ccccc2=CCC1. The molecular weight excluding hydrogens is 272 g/mol. The first-order valence-corrected chi connectivity index (χ1v) is 6.48. The van der Waals surface area contributed by atoms with Crippen molar-refractivity contribution in [2.24, 2.45) is 0 Å². The Balaban J connectivity index is 2.49. The summed E-state index contributed by atoms with van der Waals surface area (Å²) in [6.45, 7) is 7.94. The maximum Gasteiger partial charge on any atom is 0.0103 e. The number of hydrogen-bond donors (Lipinski definition) is 0. The van der Waals surface area contributed by atoms with E-state index in [2.05, 4.69) is 59.4 Å². The fourth-order valence-corrected chi connectivity index (χ4v) is 2.21. The summed E-state index contributed by atoms with van der Waals surface area (Å²) >= 11 is 3.32. The normalized spacial score (nSPS) is 14.3. The highest BCUT2D eigenvalue weighted by molar-refractivity contribution is 9.11. The van der Waals surface area contributed by atoms with Gasteiger partial charge in [0.25, 0.3) is 0 Å². The van der Waals surface area contributed by atoms with Crippen LogP contribution in [0, 0.1) is 0 Å². The molecule has 86 valence electrons. The van der Waals surface area contributed by atoms with Crippen LogP contribution >= 0.6 is 15.9 Å². The van der Waals surface area contributed by atoms with Crippen molar-refractivity contribution in [2.45, 2.75) is 12.8 Å². The molecule has 0 radical (unpaired) electrons. The van der Waals surface area contributed by atoms with Gasteiger partial charge in [0.05, 0.1) is 0 Å². The van der Waals surface area contributed by atoms with Gasteiger partial charge >= 0.3 is 0 Å². The van der Waals surface area contributed by atoms with Gasteiger partial charge in [0.15, 0.2) is 0 Å². The van der Waals surface area contributed by atoms with Gasteiger partial charge in [0.2, 0.25) is 0 Å². The summed E-state index contributed by atoms with van der Waals surface area (Å²) in [5, 5.41) is 2.63. The summed E-state index contributed by atoms with van der Waals surface area (Å²) in [4.78, 5) is 0. The zero-order chi connectivity index (χ0) is 12.3. The Morgan fingerprint density at radius 3 is 2.71 bits per heavy atom. The van der Waals surface area contributed by atoms with Crippen LogP contribution in [0.2, 0.25) is 0 Å². The van der Waals surface area contributed by atoms with Gasteiger partial charge in [-0.3, -0.25) is 0 Å². The first-order chi connectivity index (χ1) is 8.18. The number of rotatable bonds is 3. The lowest BCUT2D eigenvalue weighted by Gasteiger charge is -2.11. The molecule has 0 amide bonds. The lowest BCUT2D eigenvalue weighted by Crippen LogP contribution is -2.29. The summed E-state index contributed by atoms with van der Waals surface area (Å²) in [5.41, 5.74) is 2.42. The molecule has 0 heterocycles. The lowest BCUT2D eigenvalue weighted by molar-refractivity contribution is 1.08. The van der Waals surface area contributed by atoms with Crippen molar-refractivity contribution in [1.29, 1.82) is 0 Å². The van der Waals surface area contributed by atoms with E-state index in [0.29, 0.717) is 0 Å². The second-order valence-electron chi connectivity index (χ2n) is 4.11. The van der Waals surface area contributed by atoms with Crippen molar-refractivity contribution >= 4 is 27.6 Å². The third-order valence-electron chi connectivity index (χ3n) is 2.90. The van der Waals surface area contributed by atoms with Gasteiger partial charge in [-0.1, -0.05) is 65.5 Å². The van der Waals surface area contributed by atoms with E-state index >= 15 is 0 Å². The number of hydrogen-bond acceptors (Lipinski definition) is 0. The minimum absolute atomic E-state index is 0.870. The van der Waals surface area contributed by atoms with Crippen LogP contribution in [0.3, 0.4) is 0 Å². The maximum atomic E-state index is 4.15. The molecule has 2 rings (SSSR count). The van der Waals surface area contributed by atoms with Gasteiger partial charge in [-0.15, -0.1) is 0 Å². The Hall–Kier alpha value is -1.34. The van der Waals surface area contributed by atoms with Crippen LogP contribution in [0.1, 0.15) is 12.8 Å². The lowest BCUT2D eigenvalue weighted by atomic mass is 9.94. The van der Waals surface area contributed by atoms with Crippen molar-refractivity contribution in [1.82, 2.24) is 0 Å². The van der Waals surface area contributed by atoms with Crippen LogP contribution in [0.25, 0.3) is 11.6 Å². The smallest absolute Gasteiger partial charge is 0.0103 e. The molecule has 0 atom stereocenters. The highest BCUT2D eigenvalue weighted by Crippen LogP contribution is 2.18. The van der Waals surface area contributed by atoms with Gasteiger partial charge < -0.3 is 0 Å². The highest BCUT2D eigenvalue weighted by atomic mass is 79.9. The van der Waals surface area contributed by atoms with Crippen LogP contribution < -0.4 is 10.4 Å². The molecule has 0 spiro atoms. The summed E-state index contributed by atoms with van der Waals surface area (Å²) < 4.78 is 0.870. The first-order valence-electron chi connectivity index (χ1n) is 5.68. The second-order valence-corrected chi connectivity index (χ2v) is 5.13. The van der Waals surface area contributed by atoms with Crippen molar-refractivity contribution in [3.63, 3.8) is 0 Å². The Bertz CT molecular complexity index is 603. The Kier molecular flexibility index (Phi) is 3.80. The van der Waals surface area contributed by atoms with Crippen LogP contribution in [0.15, 0.2) is 59.6 Å². The van der Waals surface area contributed by atoms with Crippen LogP contribution in [0.4, 0.5) is 0 Å². The predicted octanol–water partition coefficient (Wildman–Crippen LogP) is 3.43. The van der Waals surface area contributed by atoms with Gasteiger partial charge in [0.1, 0.15) is 0 Å². The molecule has 0 saturated heterocycles. The molecule has 1 aliphatic rings. The van der Waals surface area contributed by atoms with E-state index < -0.39 is 0 Å². The minimum atomic E-state index is 0.870. The van der Waals surface area contributed by atoms with Gasteiger partial charge in [-0.05, 0) is 40.5 Å². The fraction of sp³-hybridized carbons (Fsp3) is 0.125. The minimum Gasteiger partial charge on any atom is -0.0915 e. The summed E-state index contributed by atoms with van der Waals surface area (Å²) in [6.07, 6.45) is 8.41. The molecule has 1 aromatic carbocycles. The standard InChI is InChI=1S/C16H15Br/c1-12(10-11-13(2)17)15-9-5-7-14-6-3-4-8-16(14)15/h3-4,6-8,10-11H,1-2,5,9H2/b11-10-. The molecule has 0 nitrogen and oxygen atoms in total. The number of halogens is 1. The van der Waals surface area contributed by atoms with E-state index in [9.17, 15) is 0 Å². The third kappa shape index (κ3) is 2.86. The fourth-order valence-electron chi connectivity index (χ4n) is 2.08. The average Bonchev–Trinajstić information content (AvgIpc) is 2.35. The molecule has 0 unspecified atom stereocenters. The van der Waals surface area contributed by atoms with Crippen LogP contribution in [0.5, 0.6) is 0 Å². The molecule has 1 aromatic rings. The summed E-state index contributed by atoms with van der Waals surface area (Å²) in [7, 11) is 0. The molecular formula is C16H15Br. The van der Waals surface area contributed by atoms with E-state index in [-0.39, 0.29) is 0 Å². The van der Waals surface area contributed by atoms with Crippen molar-refractivity contribution in [2.75, 3.05) is 0 Å². The molecule has 17 heavy (non-hydrogen) atoms. The quantitative estimate of drug-likeness (QED) is 0.747. The van der Waals surface area contributed by atoms with Crippen LogP contribution in [-0.4, -0.2) is 0 Å². The van der Waals surface area contributed by atoms with E-state index in [1.54, 1.807) is 0 Å². The second kappa shape index (κ2) is 5.33. The van der Waals surface area contributed by atoms with Gasteiger partial charge in [-0.2, -0.15) is 0 Å². The van der Waals surface area contributed by atoms with E-state index in [4.69, 9.17) is 0 Å². The highest BCUT2D eigenvalue weighted by Gasteiger charge is 2.05. The van der Waals surface area contributed by atoms with E-state index in [1.807, 2.05) is 12.2 Å². The number of benzene rings is 1. The molecule has 0 fully saturated rings. The van der Waals surface area contributed by atoms with E-state index in [1.165, 1.54) is 16.0 Å². The number of fused-ring (bicyclic) bond motifs is 1. The number of allylic oxidation sites excluding steroid dienone is 4. The Labute approximate surface area is 110 Å². The van der Waals surface area contributed by atoms with Gasteiger partial charge in [0, 0.05) is 4.48 Å². The van der Waals surface area contributed by atoms with Crippen molar-refractivity contribution in [3.05, 3.63) is 70.1 Å². The van der Waals surface area contributed by atoms with Gasteiger partial charge in [-0.25, -0.2) is 0 Å². The summed E-state index contributed by atoms with van der Waals surface area (Å²) in [6, 6.07) is 8.49. The molecule has 1 heteroatoms. The van der Waals surface area contributed by atoms with Crippen molar-refractivity contribution in [3.8, 4) is 0 Å². The zero-order valence-electron chi connectivity index (χ0n) is 9.75. The van der Waals surface area contributed by atoms with Crippen LogP contribution in [-0.2, 0) is 0 Å². The molecule has 0 aliphatic heterocycles.